The lowest BCUT2D eigenvalue weighted by molar-refractivity contribution is -0.121. The van der Waals surface area contributed by atoms with E-state index in [4.69, 9.17) is 4.74 Å². The van der Waals surface area contributed by atoms with Crippen LogP contribution in [0.5, 0.6) is 5.75 Å². The van der Waals surface area contributed by atoms with Crippen molar-refractivity contribution in [2.45, 2.75) is 17.9 Å². The van der Waals surface area contributed by atoms with Crippen molar-refractivity contribution in [1.82, 2.24) is 14.9 Å². The number of likely N-dealkylation sites (tertiary alicyclic amines) is 1. The van der Waals surface area contributed by atoms with Crippen LogP contribution in [0.3, 0.4) is 0 Å². The molecule has 1 N–H and O–H groups in total. The highest BCUT2D eigenvalue weighted by atomic mass is 16.5. The number of hydrogen-bond acceptors (Lipinski definition) is 5. The van der Waals surface area contributed by atoms with Crippen molar-refractivity contribution in [3.63, 3.8) is 0 Å². The van der Waals surface area contributed by atoms with E-state index in [1.54, 1.807) is 29.6 Å². The van der Waals surface area contributed by atoms with E-state index in [9.17, 15) is 9.59 Å². The maximum absolute atomic E-state index is 13.6. The Balaban J connectivity index is 1.67. The summed E-state index contributed by atoms with van der Waals surface area (Å²) in [7, 11) is 1.51. The monoisotopic (exact) mass is 400 g/mol. The number of nitrogens with zero attached hydrogens (tertiary/aromatic N) is 3. The number of carbonyl (C=O) groups excluding carboxylic acids is 2. The van der Waals surface area contributed by atoms with Crippen LogP contribution in [-0.2, 0) is 10.2 Å². The van der Waals surface area contributed by atoms with E-state index in [1.807, 2.05) is 36.4 Å². The fourth-order valence-corrected chi connectivity index (χ4v) is 4.78. The average molecular weight is 400 g/mol. The molecule has 7 heteroatoms. The van der Waals surface area contributed by atoms with Gasteiger partial charge in [-0.3, -0.25) is 19.6 Å². The van der Waals surface area contributed by atoms with Gasteiger partial charge in [0.25, 0.3) is 5.91 Å². The van der Waals surface area contributed by atoms with Gasteiger partial charge in [-0.15, -0.1) is 0 Å². The van der Waals surface area contributed by atoms with Gasteiger partial charge in [0.1, 0.15) is 11.2 Å². The van der Waals surface area contributed by atoms with Crippen LogP contribution in [0.4, 0.5) is 5.69 Å². The average Bonchev–Trinajstić information content (AvgIpc) is 3.33. The molecule has 2 aliphatic heterocycles. The Morgan fingerprint density at radius 2 is 1.97 bits per heavy atom. The summed E-state index contributed by atoms with van der Waals surface area (Å²) in [5, 5.41) is 3.02. The molecule has 1 aromatic carbocycles. The number of ether oxygens (including phenoxy) is 1. The molecule has 1 fully saturated rings. The molecule has 3 aromatic rings. The highest BCUT2D eigenvalue weighted by Gasteiger charge is 2.59. The second-order valence-electron chi connectivity index (χ2n) is 7.48. The van der Waals surface area contributed by atoms with Crippen LogP contribution in [0, 0.1) is 0 Å². The molecule has 0 bridgehead atoms. The molecule has 1 saturated heterocycles. The smallest absolute Gasteiger partial charge is 0.258 e. The third-order valence-electron chi connectivity index (χ3n) is 6.08. The lowest BCUT2D eigenvalue weighted by Gasteiger charge is -2.34. The SMILES string of the molecule is COc1cnccc1C(=O)N1CCC2(C(=O)Nc3ccccc32)C1c1cccnc1. The summed E-state index contributed by atoms with van der Waals surface area (Å²) >= 11 is 0. The fourth-order valence-electron chi connectivity index (χ4n) is 4.78. The number of para-hydroxylation sites is 1. The van der Waals surface area contributed by atoms with Gasteiger partial charge in [-0.2, -0.15) is 0 Å². The zero-order valence-electron chi connectivity index (χ0n) is 16.4. The second kappa shape index (κ2) is 6.95. The molecular weight excluding hydrogens is 380 g/mol. The Hall–Kier alpha value is -3.74. The normalized spacial score (nSPS) is 22.1. The molecule has 7 nitrogen and oxygen atoms in total. The molecular formula is C23H20N4O3. The molecule has 2 atom stereocenters. The second-order valence-corrected chi connectivity index (χ2v) is 7.48. The molecule has 2 unspecified atom stereocenters. The minimum absolute atomic E-state index is 0.0884. The van der Waals surface area contributed by atoms with Gasteiger partial charge in [0.2, 0.25) is 5.91 Å². The number of hydrogen-bond donors (Lipinski definition) is 1. The van der Waals surface area contributed by atoms with Gasteiger partial charge in [-0.05, 0) is 35.7 Å². The zero-order valence-corrected chi connectivity index (χ0v) is 16.4. The largest absolute Gasteiger partial charge is 0.494 e. The van der Waals surface area contributed by atoms with Gasteiger partial charge in [0.05, 0.1) is 24.9 Å². The number of aromatic nitrogens is 2. The summed E-state index contributed by atoms with van der Waals surface area (Å²) in [5.41, 5.74) is 2.09. The Kier molecular flexibility index (Phi) is 4.24. The Morgan fingerprint density at radius 1 is 1.13 bits per heavy atom. The number of fused-ring (bicyclic) bond motifs is 2. The number of pyridine rings is 2. The fraction of sp³-hybridized carbons (Fsp3) is 0.217. The highest BCUT2D eigenvalue weighted by molar-refractivity contribution is 6.08. The molecule has 4 heterocycles. The van der Waals surface area contributed by atoms with Crippen molar-refractivity contribution in [3.05, 3.63) is 83.9 Å². The van der Waals surface area contributed by atoms with Gasteiger partial charge >= 0.3 is 0 Å². The first-order valence-electron chi connectivity index (χ1n) is 9.76. The van der Waals surface area contributed by atoms with Gasteiger partial charge in [-0.25, -0.2) is 0 Å². The summed E-state index contributed by atoms with van der Waals surface area (Å²) < 4.78 is 5.36. The predicted octanol–water partition coefficient (Wildman–Crippen LogP) is 2.96. The van der Waals surface area contributed by atoms with E-state index in [0.29, 0.717) is 24.3 Å². The summed E-state index contributed by atoms with van der Waals surface area (Å²) in [6, 6.07) is 12.6. The van der Waals surface area contributed by atoms with E-state index in [1.165, 1.54) is 13.3 Å². The van der Waals surface area contributed by atoms with Crippen molar-refractivity contribution in [1.29, 1.82) is 0 Å². The molecule has 1 spiro atoms. The topological polar surface area (TPSA) is 84.4 Å². The van der Waals surface area contributed by atoms with Gasteiger partial charge in [0, 0.05) is 30.8 Å². The van der Waals surface area contributed by atoms with Gasteiger partial charge in [0.15, 0.2) is 0 Å². The first-order chi connectivity index (χ1) is 14.7. The van der Waals surface area contributed by atoms with E-state index in [2.05, 4.69) is 15.3 Å². The molecule has 0 aliphatic carbocycles. The number of methoxy groups -OCH3 is 1. The van der Waals surface area contributed by atoms with Crippen LogP contribution in [-0.4, -0.2) is 40.3 Å². The third kappa shape index (κ3) is 2.51. The minimum Gasteiger partial charge on any atom is -0.494 e. The molecule has 0 radical (unpaired) electrons. The Bertz CT molecular complexity index is 1130. The van der Waals surface area contributed by atoms with Crippen molar-refractivity contribution in [2.75, 3.05) is 19.0 Å². The predicted molar refractivity (Wildman–Crippen MR) is 110 cm³/mol. The number of anilines is 1. The minimum atomic E-state index is -0.866. The zero-order chi connectivity index (χ0) is 20.7. The summed E-state index contributed by atoms with van der Waals surface area (Å²) in [5.74, 6) is 0.122. The molecule has 30 heavy (non-hydrogen) atoms. The molecule has 2 amide bonds. The lowest BCUT2D eigenvalue weighted by Crippen LogP contribution is -2.42. The summed E-state index contributed by atoms with van der Waals surface area (Å²) in [6.07, 6.45) is 7.03. The Labute approximate surface area is 173 Å². The van der Waals surface area contributed by atoms with Crippen LogP contribution in [0.2, 0.25) is 0 Å². The first-order valence-corrected chi connectivity index (χ1v) is 9.76. The molecule has 150 valence electrons. The maximum atomic E-state index is 13.6. The molecule has 5 rings (SSSR count). The van der Waals surface area contributed by atoms with Crippen molar-refractivity contribution in [3.8, 4) is 5.75 Å². The summed E-state index contributed by atoms with van der Waals surface area (Å²) in [6.45, 7) is 0.436. The Morgan fingerprint density at radius 3 is 2.77 bits per heavy atom. The van der Waals surface area contributed by atoms with Crippen molar-refractivity contribution >= 4 is 17.5 Å². The number of carbonyl (C=O) groups is 2. The summed E-state index contributed by atoms with van der Waals surface area (Å²) in [4.78, 5) is 37.1. The van der Waals surface area contributed by atoms with Gasteiger partial charge in [-0.1, -0.05) is 24.3 Å². The standard InChI is InChI=1S/C23H20N4O3/c1-30-19-14-25-11-8-16(19)21(28)27-12-9-23(20(27)15-5-4-10-24-13-15)17-6-2-3-7-18(17)26-22(23)29/h2-8,10-11,13-14,20H,9,12H2,1H3,(H,26,29). The van der Waals surface area contributed by atoms with E-state index < -0.39 is 11.5 Å². The maximum Gasteiger partial charge on any atom is 0.258 e. The third-order valence-corrected chi connectivity index (χ3v) is 6.08. The lowest BCUT2D eigenvalue weighted by atomic mass is 9.73. The number of benzene rings is 1. The quantitative estimate of drug-likeness (QED) is 0.731. The van der Waals surface area contributed by atoms with Crippen molar-refractivity contribution < 1.29 is 14.3 Å². The highest BCUT2D eigenvalue weighted by Crippen LogP contribution is 2.54. The van der Waals surface area contributed by atoms with Crippen LogP contribution in [0.25, 0.3) is 0 Å². The van der Waals surface area contributed by atoms with E-state index >= 15 is 0 Å². The number of rotatable bonds is 3. The van der Waals surface area contributed by atoms with Crippen molar-refractivity contribution in [2.24, 2.45) is 0 Å². The van der Waals surface area contributed by atoms with Crippen LogP contribution < -0.4 is 10.1 Å². The van der Waals surface area contributed by atoms with E-state index in [0.717, 1.165) is 16.8 Å². The molecule has 2 aromatic heterocycles. The van der Waals surface area contributed by atoms with Crippen LogP contribution in [0.15, 0.2) is 67.3 Å². The molecule has 0 saturated carbocycles. The van der Waals surface area contributed by atoms with Crippen LogP contribution >= 0.6 is 0 Å². The van der Waals surface area contributed by atoms with Gasteiger partial charge < -0.3 is 15.0 Å². The number of amides is 2. The molecule has 2 aliphatic rings. The van der Waals surface area contributed by atoms with E-state index in [-0.39, 0.29) is 11.8 Å². The van der Waals surface area contributed by atoms with Crippen LogP contribution in [0.1, 0.15) is 33.9 Å². The number of nitrogens with one attached hydrogen (secondary N) is 1. The first kappa shape index (κ1) is 18.3.